The topological polar surface area (TPSA) is 73.0 Å². The van der Waals surface area contributed by atoms with Crippen molar-refractivity contribution in [1.82, 2.24) is 20.1 Å². The van der Waals surface area contributed by atoms with Gasteiger partial charge in [0.15, 0.2) is 11.0 Å². The van der Waals surface area contributed by atoms with E-state index in [1.807, 2.05) is 47.9 Å². The van der Waals surface area contributed by atoms with Crippen LogP contribution in [0.15, 0.2) is 82.6 Å². The highest BCUT2D eigenvalue weighted by Crippen LogP contribution is 2.28. The predicted octanol–water partition coefficient (Wildman–Crippen LogP) is 4.52. The number of benzene rings is 2. The van der Waals surface area contributed by atoms with Crippen molar-refractivity contribution >= 4 is 17.7 Å². The number of hydrogen-bond donors (Lipinski definition) is 1. The van der Waals surface area contributed by atoms with Crippen LogP contribution in [0.25, 0.3) is 11.4 Å². The first-order valence-electron chi connectivity index (χ1n) is 9.80. The molecule has 2 aromatic carbocycles. The van der Waals surface area contributed by atoms with Crippen molar-refractivity contribution in [1.29, 1.82) is 0 Å². The molecule has 0 saturated heterocycles. The molecule has 1 atom stereocenters. The summed E-state index contributed by atoms with van der Waals surface area (Å²) in [7, 11) is 0. The summed E-state index contributed by atoms with van der Waals surface area (Å²) in [5.74, 6) is 0.874. The second-order valence-corrected chi connectivity index (χ2v) is 8.25. The van der Waals surface area contributed by atoms with Crippen molar-refractivity contribution in [3.63, 3.8) is 0 Å². The summed E-state index contributed by atoms with van der Waals surface area (Å²) in [5.41, 5.74) is 1.83. The van der Waals surface area contributed by atoms with Gasteiger partial charge in [-0.2, -0.15) is 0 Å². The van der Waals surface area contributed by atoms with E-state index in [0.717, 1.165) is 11.1 Å². The van der Waals surface area contributed by atoms with Crippen molar-refractivity contribution in [2.45, 2.75) is 30.4 Å². The molecule has 1 amide bonds. The van der Waals surface area contributed by atoms with Gasteiger partial charge in [0.2, 0.25) is 5.91 Å². The molecule has 0 aliphatic rings. The number of carbonyl (C=O) groups excluding carboxylic acids is 1. The van der Waals surface area contributed by atoms with Crippen LogP contribution in [-0.4, -0.2) is 25.9 Å². The summed E-state index contributed by atoms with van der Waals surface area (Å²) in [6.07, 6.45) is 1.57. The van der Waals surface area contributed by atoms with Gasteiger partial charge in [-0.25, -0.2) is 4.39 Å². The number of furan rings is 1. The van der Waals surface area contributed by atoms with Crippen molar-refractivity contribution in [3.05, 3.63) is 90.1 Å². The van der Waals surface area contributed by atoms with Crippen LogP contribution in [0.3, 0.4) is 0 Å². The van der Waals surface area contributed by atoms with Crippen molar-refractivity contribution in [3.8, 4) is 11.4 Å². The van der Waals surface area contributed by atoms with Gasteiger partial charge < -0.3 is 9.73 Å². The fourth-order valence-corrected chi connectivity index (χ4v) is 3.91. The van der Waals surface area contributed by atoms with E-state index in [0.29, 0.717) is 29.8 Å². The smallest absolute Gasteiger partial charge is 0.233 e. The first-order chi connectivity index (χ1) is 15.1. The molecular formula is C23H21FN4O2S. The minimum absolute atomic E-state index is 0.126. The number of aromatic nitrogens is 3. The number of nitrogens with zero attached hydrogens (tertiary/aromatic N) is 3. The summed E-state index contributed by atoms with van der Waals surface area (Å²) >= 11 is 1.33. The lowest BCUT2D eigenvalue weighted by Crippen LogP contribution is -2.30. The molecule has 0 fully saturated rings. The maximum absolute atomic E-state index is 13.4. The van der Waals surface area contributed by atoms with Gasteiger partial charge in [-0.3, -0.25) is 9.36 Å². The number of amides is 1. The molecule has 6 nitrogen and oxygen atoms in total. The Hall–Kier alpha value is -3.39. The molecule has 0 unspecified atom stereocenters. The minimum Gasteiger partial charge on any atom is -0.467 e. The monoisotopic (exact) mass is 436 g/mol. The van der Waals surface area contributed by atoms with Gasteiger partial charge in [-0.1, -0.05) is 42.1 Å². The second kappa shape index (κ2) is 9.61. The molecule has 0 bridgehead atoms. The molecule has 2 aromatic heterocycles. The molecule has 0 aliphatic carbocycles. The number of rotatable bonds is 8. The zero-order valence-electron chi connectivity index (χ0n) is 16.9. The number of carbonyl (C=O) groups is 1. The summed E-state index contributed by atoms with van der Waals surface area (Å²) in [6.45, 7) is 2.68. The maximum atomic E-state index is 13.4. The van der Waals surface area contributed by atoms with Crippen LogP contribution in [-0.2, 0) is 17.9 Å². The third-order valence-corrected chi connectivity index (χ3v) is 5.75. The highest BCUT2D eigenvalue weighted by atomic mass is 32.2. The molecule has 4 rings (SSSR count). The third kappa shape index (κ3) is 5.21. The number of nitrogens with one attached hydrogen (secondary N) is 1. The Labute approximate surface area is 183 Å². The van der Waals surface area contributed by atoms with Gasteiger partial charge in [-0.15, -0.1) is 10.2 Å². The zero-order valence-corrected chi connectivity index (χ0v) is 17.7. The lowest BCUT2D eigenvalue weighted by atomic mass is 10.2. The minimum atomic E-state index is -0.394. The number of hydrogen-bond acceptors (Lipinski definition) is 5. The average molecular weight is 437 g/mol. The molecule has 4 aromatic rings. The van der Waals surface area contributed by atoms with Crippen molar-refractivity contribution in [2.24, 2.45) is 0 Å². The highest BCUT2D eigenvalue weighted by Gasteiger charge is 2.21. The lowest BCUT2D eigenvalue weighted by Gasteiger charge is -2.14. The summed E-state index contributed by atoms with van der Waals surface area (Å²) < 4.78 is 20.6. The maximum Gasteiger partial charge on any atom is 0.233 e. The van der Waals surface area contributed by atoms with E-state index in [1.165, 1.54) is 23.9 Å². The van der Waals surface area contributed by atoms with E-state index in [1.54, 1.807) is 24.5 Å². The molecule has 0 aliphatic heterocycles. The fraction of sp³-hybridized carbons (Fsp3) is 0.174. The zero-order chi connectivity index (χ0) is 21.6. The Kier molecular flexibility index (Phi) is 6.47. The van der Waals surface area contributed by atoms with Crippen molar-refractivity contribution in [2.75, 3.05) is 0 Å². The number of halogens is 1. The molecule has 0 radical (unpaired) electrons. The molecule has 158 valence electrons. The van der Waals surface area contributed by atoms with Gasteiger partial charge in [0, 0.05) is 5.56 Å². The van der Waals surface area contributed by atoms with Crippen LogP contribution in [0.4, 0.5) is 4.39 Å². The fourth-order valence-electron chi connectivity index (χ4n) is 3.04. The van der Waals surface area contributed by atoms with Crippen LogP contribution in [0.1, 0.15) is 18.2 Å². The van der Waals surface area contributed by atoms with Gasteiger partial charge in [0.25, 0.3) is 0 Å². The van der Waals surface area contributed by atoms with Crippen LogP contribution in [0, 0.1) is 5.82 Å². The van der Waals surface area contributed by atoms with Gasteiger partial charge >= 0.3 is 0 Å². The molecule has 8 heteroatoms. The average Bonchev–Trinajstić information content (AvgIpc) is 3.44. The number of thioether (sulfide) groups is 1. The van der Waals surface area contributed by atoms with Crippen LogP contribution >= 0.6 is 11.8 Å². The predicted molar refractivity (Wildman–Crippen MR) is 117 cm³/mol. The van der Waals surface area contributed by atoms with Gasteiger partial charge in [-0.05, 0) is 48.9 Å². The summed E-state index contributed by atoms with van der Waals surface area (Å²) in [4.78, 5) is 12.6. The SMILES string of the molecule is C[C@H](Sc1nnc(-c2ccc(F)cc2)n1Cc1ccccc1)C(=O)NCc1ccco1. The van der Waals surface area contributed by atoms with E-state index in [2.05, 4.69) is 15.5 Å². The van der Waals surface area contributed by atoms with Crippen LogP contribution < -0.4 is 5.32 Å². The normalized spacial score (nSPS) is 11.9. The lowest BCUT2D eigenvalue weighted by molar-refractivity contribution is -0.120. The third-order valence-electron chi connectivity index (χ3n) is 4.67. The summed E-state index contributed by atoms with van der Waals surface area (Å²) in [6, 6.07) is 19.7. The highest BCUT2D eigenvalue weighted by molar-refractivity contribution is 8.00. The molecule has 0 saturated carbocycles. The van der Waals surface area contributed by atoms with Crippen LogP contribution in [0.5, 0.6) is 0 Å². The van der Waals surface area contributed by atoms with Crippen molar-refractivity contribution < 1.29 is 13.6 Å². The first kappa shape index (κ1) is 20.9. The van der Waals surface area contributed by atoms with Gasteiger partial charge in [0.05, 0.1) is 24.6 Å². The van der Waals surface area contributed by atoms with E-state index in [9.17, 15) is 9.18 Å². The van der Waals surface area contributed by atoms with E-state index in [-0.39, 0.29) is 11.7 Å². The van der Waals surface area contributed by atoms with Crippen LogP contribution in [0.2, 0.25) is 0 Å². The molecule has 31 heavy (non-hydrogen) atoms. The molecule has 2 heterocycles. The molecule has 0 spiro atoms. The Balaban J connectivity index is 1.55. The Morgan fingerprint density at radius 1 is 1.10 bits per heavy atom. The summed E-state index contributed by atoms with van der Waals surface area (Å²) in [5, 5.41) is 11.7. The Morgan fingerprint density at radius 3 is 2.58 bits per heavy atom. The van der Waals surface area contributed by atoms with Gasteiger partial charge in [0.1, 0.15) is 11.6 Å². The van der Waals surface area contributed by atoms with E-state index in [4.69, 9.17) is 4.42 Å². The Morgan fingerprint density at radius 2 is 1.87 bits per heavy atom. The second-order valence-electron chi connectivity index (χ2n) is 6.94. The molecular weight excluding hydrogens is 415 g/mol. The quantitative estimate of drug-likeness (QED) is 0.411. The first-order valence-corrected chi connectivity index (χ1v) is 10.7. The van der Waals surface area contributed by atoms with E-state index >= 15 is 0 Å². The standard InChI is InChI=1S/C23H21FN4O2S/c1-16(22(29)25-14-20-8-5-13-30-20)31-23-27-26-21(18-9-11-19(24)12-10-18)28(23)15-17-6-3-2-4-7-17/h2-13,16H,14-15H2,1H3,(H,25,29)/t16-/m0/s1. The Bertz CT molecular complexity index is 1130. The van der Waals surface area contributed by atoms with E-state index < -0.39 is 5.25 Å². The largest absolute Gasteiger partial charge is 0.467 e. The molecule has 1 N–H and O–H groups in total.